The van der Waals surface area contributed by atoms with Crippen LogP contribution in [-0.4, -0.2) is 35.5 Å². The number of piperidine rings is 1. The van der Waals surface area contributed by atoms with Crippen LogP contribution in [-0.2, 0) is 4.74 Å². The van der Waals surface area contributed by atoms with E-state index < -0.39 is 5.60 Å². The smallest absolute Gasteiger partial charge is 0.0849 e. The van der Waals surface area contributed by atoms with Crippen LogP contribution >= 0.6 is 0 Å². The Morgan fingerprint density at radius 1 is 1.29 bits per heavy atom. The summed E-state index contributed by atoms with van der Waals surface area (Å²) in [5.74, 6) is 0.777. The third-order valence-electron chi connectivity index (χ3n) is 4.48. The van der Waals surface area contributed by atoms with Crippen molar-refractivity contribution in [1.82, 2.24) is 5.32 Å². The van der Waals surface area contributed by atoms with Gasteiger partial charge in [0, 0.05) is 18.9 Å². The lowest BCUT2D eigenvalue weighted by Gasteiger charge is -2.47. The molecule has 0 aromatic carbocycles. The Morgan fingerprint density at radius 3 is 2.53 bits per heavy atom. The molecule has 2 fully saturated rings. The summed E-state index contributed by atoms with van der Waals surface area (Å²) in [6.07, 6.45) is 5.49. The Morgan fingerprint density at radius 2 is 1.94 bits per heavy atom. The van der Waals surface area contributed by atoms with Gasteiger partial charge in [0.2, 0.25) is 0 Å². The van der Waals surface area contributed by atoms with Crippen LogP contribution in [0.5, 0.6) is 0 Å². The number of aliphatic hydroxyl groups is 1. The van der Waals surface area contributed by atoms with E-state index in [0.717, 1.165) is 31.7 Å². The van der Waals surface area contributed by atoms with Gasteiger partial charge in [0.1, 0.15) is 0 Å². The fourth-order valence-electron chi connectivity index (χ4n) is 3.63. The Balaban J connectivity index is 2.03. The first-order valence-electron chi connectivity index (χ1n) is 7.14. The molecule has 3 heteroatoms. The van der Waals surface area contributed by atoms with Gasteiger partial charge >= 0.3 is 0 Å². The molecule has 2 aliphatic rings. The molecule has 0 aliphatic carbocycles. The maximum absolute atomic E-state index is 10.9. The van der Waals surface area contributed by atoms with Crippen LogP contribution in [0.1, 0.15) is 52.9 Å². The third-order valence-corrected chi connectivity index (χ3v) is 4.48. The Hall–Kier alpha value is -0.120. The van der Waals surface area contributed by atoms with E-state index in [2.05, 4.69) is 26.1 Å². The predicted molar refractivity (Wildman–Crippen MR) is 69.0 cm³/mol. The summed E-state index contributed by atoms with van der Waals surface area (Å²) in [6, 6.07) is 0.259. The van der Waals surface area contributed by atoms with E-state index in [1.807, 2.05) is 0 Å². The first kappa shape index (κ1) is 13.3. The Labute approximate surface area is 105 Å². The number of hydrogen-bond acceptors (Lipinski definition) is 3. The van der Waals surface area contributed by atoms with Crippen LogP contribution in [0.15, 0.2) is 0 Å². The number of rotatable bonds is 2. The lowest BCUT2D eigenvalue weighted by atomic mass is 9.75. The molecule has 100 valence electrons. The van der Waals surface area contributed by atoms with Crippen molar-refractivity contribution < 1.29 is 9.84 Å². The highest BCUT2D eigenvalue weighted by Gasteiger charge is 2.44. The van der Waals surface area contributed by atoms with Gasteiger partial charge in [0.05, 0.1) is 17.8 Å². The van der Waals surface area contributed by atoms with Gasteiger partial charge in [-0.05, 0) is 39.2 Å². The van der Waals surface area contributed by atoms with Crippen molar-refractivity contribution in [3.8, 4) is 0 Å². The maximum Gasteiger partial charge on any atom is 0.0849 e. The predicted octanol–water partition coefficient (Wildman–Crippen LogP) is 2.08. The van der Waals surface area contributed by atoms with Gasteiger partial charge in [-0.15, -0.1) is 0 Å². The zero-order chi connectivity index (χ0) is 12.5. The third kappa shape index (κ3) is 3.01. The minimum atomic E-state index is -0.565. The van der Waals surface area contributed by atoms with Gasteiger partial charge in [-0.25, -0.2) is 0 Å². The molecule has 3 nitrogen and oxygen atoms in total. The summed E-state index contributed by atoms with van der Waals surface area (Å²) < 4.78 is 5.74. The van der Waals surface area contributed by atoms with Crippen molar-refractivity contribution in [1.29, 1.82) is 0 Å². The Kier molecular flexibility index (Phi) is 4.11. The van der Waals surface area contributed by atoms with E-state index >= 15 is 0 Å². The minimum Gasteiger partial charge on any atom is -0.388 e. The SMILES string of the molecule is CCC1CCNC(C2(O)CC(C)OC(C)C2)C1. The van der Waals surface area contributed by atoms with E-state index in [1.165, 1.54) is 12.8 Å². The molecule has 0 spiro atoms. The molecule has 4 atom stereocenters. The van der Waals surface area contributed by atoms with E-state index in [0.29, 0.717) is 0 Å². The molecule has 2 heterocycles. The molecule has 0 bridgehead atoms. The van der Waals surface area contributed by atoms with E-state index in [-0.39, 0.29) is 18.2 Å². The largest absolute Gasteiger partial charge is 0.388 e. The topological polar surface area (TPSA) is 41.5 Å². The second-order valence-corrected chi connectivity index (χ2v) is 6.07. The van der Waals surface area contributed by atoms with Crippen molar-refractivity contribution >= 4 is 0 Å². The average Bonchev–Trinajstić information content (AvgIpc) is 2.27. The first-order chi connectivity index (χ1) is 8.03. The van der Waals surface area contributed by atoms with Crippen LogP contribution < -0.4 is 5.32 Å². The molecule has 0 amide bonds. The quantitative estimate of drug-likeness (QED) is 0.778. The van der Waals surface area contributed by atoms with Crippen LogP contribution in [0.4, 0.5) is 0 Å². The van der Waals surface area contributed by atoms with Gasteiger partial charge in [-0.1, -0.05) is 13.3 Å². The van der Waals surface area contributed by atoms with Crippen molar-refractivity contribution in [3.63, 3.8) is 0 Å². The summed E-state index contributed by atoms with van der Waals surface area (Å²) in [6.45, 7) is 7.45. The molecule has 0 radical (unpaired) electrons. The van der Waals surface area contributed by atoms with E-state index in [9.17, 15) is 5.11 Å². The van der Waals surface area contributed by atoms with Crippen molar-refractivity contribution in [2.45, 2.75) is 76.7 Å². The molecule has 2 N–H and O–H groups in total. The number of ether oxygens (including phenoxy) is 1. The highest BCUT2D eigenvalue weighted by molar-refractivity contribution is 4.99. The van der Waals surface area contributed by atoms with Gasteiger partial charge in [0.25, 0.3) is 0 Å². The fraction of sp³-hybridized carbons (Fsp3) is 1.00. The number of nitrogens with one attached hydrogen (secondary N) is 1. The van der Waals surface area contributed by atoms with Gasteiger partial charge in [-0.2, -0.15) is 0 Å². The molecule has 2 saturated heterocycles. The fourth-order valence-corrected chi connectivity index (χ4v) is 3.63. The standard InChI is InChI=1S/C14H27NO2/c1-4-12-5-6-15-13(7-12)14(16)8-10(2)17-11(3)9-14/h10-13,15-16H,4-9H2,1-3H3. The summed E-state index contributed by atoms with van der Waals surface area (Å²) in [7, 11) is 0. The zero-order valence-corrected chi connectivity index (χ0v) is 11.4. The molecule has 2 aliphatic heterocycles. The minimum absolute atomic E-state index is 0.174. The highest BCUT2D eigenvalue weighted by atomic mass is 16.5. The van der Waals surface area contributed by atoms with Crippen LogP contribution in [0, 0.1) is 5.92 Å². The molecular formula is C14H27NO2. The second kappa shape index (κ2) is 5.25. The monoisotopic (exact) mass is 241 g/mol. The normalized spacial score (nSPS) is 48.0. The highest BCUT2D eigenvalue weighted by Crippen LogP contribution is 2.36. The summed E-state index contributed by atoms with van der Waals surface area (Å²) in [4.78, 5) is 0. The molecule has 0 aromatic rings. The molecule has 17 heavy (non-hydrogen) atoms. The second-order valence-electron chi connectivity index (χ2n) is 6.07. The van der Waals surface area contributed by atoms with Crippen LogP contribution in [0.2, 0.25) is 0 Å². The van der Waals surface area contributed by atoms with Gasteiger partial charge in [0.15, 0.2) is 0 Å². The van der Waals surface area contributed by atoms with E-state index in [1.54, 1.807) is 0 Å². The Bertz CT molecular complexity index is 247. The molecular weight excluding hydrogens is 214 g/mol. The van der Waals surface area contributed by atoms with Crippen molar-refractivity contribution in [2.24, 2.45) is 5.92 Å². The molecule has 0 aromatic heterocycles. The van der Waals surface area contributed by atoms with Crippen LogP contribution in [0.3, 0.4) is 0 Å². The summed E-state index contributed by atoms with van der Waals surface area (Å²) in [5, 5.41) is 14.4. The maximum atomic E-state index is 10.9. The molecule has 4 unspecified atom stereocenters. The first-order valence-corrected chi connectivity index (χ1v) is 7.14. The van der Waals surface area contributed by atoms with E-state index in [4.69, 9.17) is 4.74 Å². The van der Waals surface area contributed by atoms with Gasteiger partial charge < -0.3 is 15.2 Å². The van der Waals surface area contributed by atoms with Crippen LogP contribution in [0.25, 0.3) is 0 Å². The average molecular weight is 241 g/mol. The summed E-state index contributed by atoms with van der Waals surface area (Å²) in [5.41, 5.74) is -0.565. The summed E-state index contributed by atoms with van der Waals surface area (Å²) >= 11 is 0. The lowest BCUT2D eigenvalue weighted by Crippen LogP contribution is -2.59. The zero-order valence-electron chi connectivity index (χ0n) is 11.4. The van der Waals surface area contributed by atoms with Crippen molar-refractivity contribution in [3.05, 3.63) is 0 Å². The number of hydrogen-bond donors (Lipinski definition) is 2. The van der Waals surface area contributed by atoms with Crippen molar-refractivity contribution in [2.75, 3.05) is 6.54 Å². The molecule has 2 rings (SSSR count). The molecule has 0 saturated carbocycles. The lowest BCUT2D eigenvalue weighted by molar-refractivity contribution is -0.149. The van der Waals surface area contributed by atoms with Gasteiger partial charge in [-0.3, -0.25) is 0 Å².